The maximum atomic E-state index is 6.81. The maximum Gasteiger partial charge on any atom is 0.268 e. The van der Waals surface area contributed by atoms with E-state index in [0.717, 1.165) is 83.6 Å². The topological polar surface area (TPSA) is 45.7 Å². The van der Waals surface area contributed by atoms with Gasteiger partial charge in [0.05, 0.1) is 44.5 Å². The van der Waals surface area contributed by atoms with Crippen molar-refractivity contribution < 1.29 is 30.4 Å². The number of aromatic nitrogens is 6. The second-order valence-electron chi connectivity index (χ2n) is 20.8. The van der Waals surface area contributed by atoms with Gasteiger partial charge in [0.2, 0.25) is 0 Å². The Labute approximate surface area is 465 Å². The molecule has 5 aromatic heterocycles. The first-order valence-electron chi connectivity index (χ1n) is 26.1. The second kappa shape index (κ2) is 18.5. The fraction of sp³-hybridized carbons (Fsp3) is 0.0571. The van der Waals surface area contributed by atoms with Gasteiger partial charge in [0.1, 0.15) is 5.82 Å². The van der Waals surface area contributed by atoms with Crippen LogP contribution in [0.1, 0.15) is 26.3 Å². The van der Waals surface area contributed by atoms with Crippen molar-refractivity contribution in [3.05, 3.63) is 261 Å². The third kappa shape index (κ3) is 7.52. The first kappa shape index (κ1) is 47.2. The molecule has 15 rings (SSSR count). The van der Waals surface area contributed by atoms with Gasteiger partial charge in [-0.3, -0.25) is 4.57 Å². The number of benzene rings is 10. The minimum absolute atomic E-state index is 0. The third-order valence-corrected chi connectivity index (χ3v) is 15.2. The number of hydrogen-bond acceptors (Lipinski definition) is 2. The number of imidazole rings is 1. The van der Waals surface area contributed by atoms with E-state index in [0.29, 0.717) is 11.5 Å². The quantitative estimate of drug-likeness (QED) is 0.112. The van der Waals surface area contributed by atoms with E-state index in [4.69, 9.17) is 9.72 Å². The maximum absolute atomic E-state index is 6.81. The number of hydrogen-bond donors (Lipinski definition) is 0. The smallest absolute Gasteiger partial charge is 0.268 e. The molecule has 5 heterocycles. The largest absolute Gasteiger partial charge is 0.510 e. The van der Waals surface area contributed by atoms with Crippen LogP contribution in [0.5, 0.6) is 11.5 Å². The monoisotopic (exact) mass is 1180 g/mol. The van der Waals surface area contributed by atoms with Gasteiger partial charge in [-0.25, -0.2) is 4.98 Å². The summed E-state index contributed by atoms with van der Waals surface area (Å²) in [6, 6.07) is 89.0. The minimum Gasteiger partial charge on any atom is -0.510 e. The number of nitrogens with zero attached hydrogens (tertiary/aromatic N) is 6. The molecule has 0 radical (unpaired) electrons. The summed E-state index contributed by atoms with van der Waals surface area (Å²) in [5.74, 6) is 1.94. The average Bonchev–Trinajstić information content (AvgIpc) is 4.43. The predicted octanol–water partition coefficient (Wildman–Crippen LogP) is 16.7. The van der Waals surface area contributed by atoms with Crippen molar-refractivity contribution >= 4 is 76.5 Å². The Hall–Kier alpha value is -9.29. The van der Waals surface area contributed by atoms with Crippen LogP contribution in [0, 0.1) is 18.5 Å². The molecule has 78 heavy (non-hydrogen) atoms. The van der Waals surface area contributed by atoms with Crippen molar-refractivity contribution in [3.63, 3.8) is 0 Å². The van der Waals surface area contributed by atoms with Crippen molar-refractivity contribution in [2.24, 2.45) is 0 Å². The summed E-state index contributed by atoms with van der Waals surface area (Å²) in [5.41, 5.74) is 15.9. The molecule has 0 fully saturated rings. The van der Waals surface area contributed by atoms with E-state index < -0.39 is 0 Å². The van der Waals surface area contributed by atoms with Crippen molar-refractivity contribution in [1.29, 1.82) is 0 Å². The van der Waals surface area contributed by atoms with Crippen LogP contribution in [0.2, 0.25) is 0 Å². The molecule has 0 saturated carbocycles. The zero-order valence-corrected chi connectivity index (χ0v) is 45.2. The van der Waals surface area contributed by atoms with Crippen LogP contribution < -0.4 is 9.30 Å². The van der Waals surface area contributed by atoms with Crippen LogP contribution in [-0.4, -0.2) is 23.3 Å². The van der Waals surface area contributed by atoms with Gasteiger partial charge in [-0.15, -0.1) is 29.7 Å². The van der Waals surface area contributed by atoms with E-state index in [1.165, 1.54) is 38.1 Å². The van der Waals surface area contributed by atoms with E-state index in [2.05, 4.69) is 274 Å². The first-order chi connectivity index (χ1) is 37.8. The molecular formula is C70H48N6OPt-2. The van der Waals surface area contributed by atoms with Crippen LogP contribution in [0.3, 0.4) is 0 Å². The summed E-state index contributed by atoms with van der Waals surface area (Å²) >= 11 is 0. The number of ether oxygens (including phenoxy) is 1. The van der Waals surface area contributed by atoms with Gasteiger partial charge in [0.15, 0.2) is 0 Å². The van der Waals surface area contributed by atoms with E-state index in [1.54, 1.807) is 0 Å². The fourth-order valence-electron chi connectivity index (χ4n) is 11.7. The summed E-state index contributed by atoms with van der Waals surface area (Å²) in [5, 5.41) is 7.01. The Morgan fingerprint density at radius 2 is 1.10 bits per heavy atom. The first-order valence-corrected chi connectivity index (χ1v) is 26.1. The van der Waals surface area contributed by atoms with Gasteiger partial charge in [-0.05, 0) is 88.3 Å². The SMILES string of the molecule is CC(C)(C)c1ccnc(-n2c3[c-]c(Oc4[c-]c(-n5[c-][n+](-c6ccccc6-n6c7ccccc7c7ccccc76)c6ccccc65)ccc4)ccc3c3cc(-c4cccc5c6ccccc6n(-c6ccccc6)c45)ccc32)c1.[Pt]. The Morgan fingerprint density at radius 1 is 0.474 bits per heavy atom. The molecule has 0 aliphatic carbocycles. The molecule has 15 aromatic rings. The summed E-state index contributed by atoms with van der Waals surface area (Å²) in [6.45, 7) is 6.71. The van der Waals surface area contributed by atoms with Crippen LogP contribution in [0.25, 0.3) is 116 Å². The van der Waals surface area contributed by atoms with Crippen LogP contribution in [-0.2, 0) is 26.5 Å². The van der Waals surface area contributed by atoms with Crippen molar-refractivity contribution in [2.45, 2.75) is 26.2 Å². The van der Waals surface area contributed by atoms with Crippen LogP contribution in [0.4, 0.5) is 0 Å². The molecule has 376 valence electrons. The molecule has 0 atom stereocenters. The molecule has 0 amide bonds. The number of para-hydroxylation sites is 9. The third-order valence-electron chi connectivity index (χ3n) is 15.2. The summed E-state index contributed by atoms with van der Waals surface area (Å²) in [7, 11) is 0. The van der Waals surface area contributed by atoms with Gasteiger partial charge < -0.3 is 23.0 Å². The molecule has 0 bridgehead atoms. The molecule has 10 aromatic carbocycles. The van der Waals surface area contributed by atoms with Gasteiger partial charge in [0, 0.05) is 77.1 Å². The Bertz CT molecular complexity index is 4790. The summed E-state index contributed by atoms with van der Waals surface area (Å²) in [4.78, 5) is 5.02. The molecular weight excluding hydrogens is 1140 g/mol. The Kier molecular flexibility index (Phi) is 11.2. The van der Waals surface area contributed by atoms with E-state index >= 15 is 0 Å². The standard InChI is InChI=1S/C70H48N6O.Pt/c1-70(2,3)47-39-40-71-68(42-47)76-62-38-35-46(52-26-18-27-57-55-25-9-10-28-59(55)74(69(52)57)48-19-5-4-6-20-48)41-58(62)56-37-36-51(44-67(56)76)77-50-22-17-21-49(43-50)72-45-73(64-32-14-13-31-63(64)72)65-33-15-16-34-66(65)75-60-29-11-7-23-53(60)54-24-8-12-30-61(54)75;/h4-42H,1-3H3;/q-2;. The molecule has 0 aliphatic heterocycles. The number of pyridine rings is 1. The van der Waals surface area contributed by atoms with Crippen LogP contribution in [0.15, 0.2) is 237 Å². The summed E-state index contributed by atoms with van der Waals surface area (Å²) < 4.78 is 18.0. The summed E-state index contributed by atoms with van der Waals surface area (Å²) in [6.07, 6.45) is 5.67. The van der Waals surface area contributed by atoms with E-state index in [1.807, 2.05) is 24.4 Å². The van der Waals surface area contributed by atoms with Crippen molar-refractivity contribution in [1.82, 2.24) is 23.3 Å². The molecule has 0 aliphatic rings. The zero-order valence-electron chi connectivity index (χ0n) is 42.9. The minimum atomic E-state index is -0.0875. The van der Waals surface area contributed by atoms with Gasteiger partial charge in [-0.1, -0.05) is 166 Å². The van der Waals surface area contributed by atoms with Crippen molar-refractivity contribution in [3.8, 4) is 51.2 Å². The molecule has 0 unspecified atom stereocenters. The molecule has 0 spiro atoms. The Balaban J connectivity index is 0.00000552. The number of rotatable bonds is 8. The second-order valence-corrected chi connectivity index (χ2v) is 20.8. The average molecular weight is 1180 g/mol. The zero-order chi connectivity index (χ0) is 51.4. The van der Waals surface area contributed by atoms with Crippen molar-refractivity contribution in [2.75, 3.05) is 0 Å². The predicted molar refractivity (Wildman–Crippen MR) is 313 cm³/mol. The molecule has 0 saturated heterocycles. The number of fused-ring (bicyclic) bond motifs is 10. The van der Waals surface area contributed by atoms with Gasteiger partial charge in [-0.2, -0.15) is 18.2 Å². The van der Waals surface area contributed by atoms with E-state index in [-0.39, 0.29) is 26.5 Å². The van der Waals surface area contributed by atoms with Gasteiger partial charge in [0.25, 0.3) is 6.33 Å². The van der Waals surface area contributed by atoms with Gasteiger partial charge >= 0.3 is 0 Å². The molecule has 0 N–H and O–H groups in total. The Morgan fingerprint density at radius 3 is 1.87 bits per heavy atom. The fourth-order valence-corrected chi connectivity index (χ4v) is 11.7. The molecule has 7 nitrogen and oxygen atoms in total. The van der Waals surface area contributed by atoms with Crippen LogP contribution >= 0.6 is 0 Å². The molecule has 8 heteroatoms. The normalized spacial score (nSPS) is 11.9. The van der Waals surface area contributed by atoms with E-state index in [9.17, 15) is 0 Å².